The van der Waals surface area contributed by atoms with Gasteiger partial charge in [-0.2, -0.15) is 5.26 Å². The summed E-state index contributed by atoms with van der Waals surface area (Å²) in [4.78, 5) is 28.7. The molecule has 2 aromatic carbocycles. The number of carbonyl (C=O) groups is 2. The predicted octanol–water partition coefficient (Wildman–Crippen LogP) is 2.79. The van der Waals surface area contributed by atoms with Crippen LogP contribution in [0.3, 0.4) is 0 Å². The summed E-state index contributed by atoms with van der Waals surface area (Å²) in [7, 11) is 3.65. The van der Waals surface area contributed by atoms with Gasteiger partial charge in [0.25, 0.3) is 5.91 Å². The SMILES string of the molecule is CNC(=O)c1ccc(-c2cc(NC(=O)[C@@H]3CCCN(C)C3)cc3c2CN(C#N)C3)cc1. The van der Waals surface area contributed by atoms with Crippen molar-refractivity contribution in [1.29, 1.82) is 5.26 Å². The summed E-state index contributed by atoms with van der Waals surface area (Å²) in [6.07, 6.45) is 4.15. The highest BCUT2D eigenvalue weighted by molar-refractivity contribution is 5.95. The minimum Gasteiger partial charge on any atom is -0.355 e. The van der Waals surface area contributed by atoms with Gasteiger partial charge in [0.2, 0.25) is 5.91 Å². The van der Waals surface area contributed by atoms with E-state index in [0.717, 1.165) is 53.9 Å². The molecule has 2 aromatic rings. The van der Waals surface area contributed by atoms with Crippen LogP contribution < -0.4 is 10.6 Å². The molecule has 0 spiro atoms. The zero-order valence-corrected chi connectivity index (χ0v) is 17.9. The van der Waals surface area contributed by atoms with Crippen LogP contribution in [0.5, 0.6) is 0 Å². The Morgan fingerprint density at radius 2 is 1.94 bits per heavy atom. The molecule has 0 saturated carbocycles. The van der Waals surface area contributed by atoms with Crippen molar-refractivity contribution in [1.82, 2.24) is 15.1 Å². The molecule has 2 amide bonds. The molecule has 1 saturated heterocycles. The number of hydrogen-bond donors (Lipinski definition) is 2. The van der Waals surface area contributed by atoms with Gasteiger partial charge in [0.05, 0.1) is 19.0 Å². The highest BCUT2D eigenvalue weighted by Crippen LogP contribution is 2.36. The summed E-state index contributed by atoms with van der Waals surface area (Å²) < 4.78 is 0. The Hall–Kier alpha value is -3.37. The van der Waals surface area contributed by atoms with Crippen molar-refractivity contribution in [2.75, 3.05) is 32.5 Å². The van der Waals surface area contributed by atoms with Crippen LogP contribution in [-0.2, 0) is 17.9 Å². The van der Waals surface area contributed by atoms with Gasteiger partial charge in [0.1, 0.15) is 0 Å². The quantitative estimate of drug-likeness (QED) is 0.747. The van der Waals surface area contributed by atoms with E-state index in [0.29, 0.717) is 18.7 Å². The number of amides is 2. The lowest BCUT2D eigenvalue weighted by Gasteiger charge is -2.28. The number of benzene rings is 2. The summed E-state index contributed by atoms with van der Waals surface area (Å²) in [5, 5.41) is 15.1. The number of hydrogen-bond acceptors (Lipinski definition) is 5. The summed E-state index contributed by atoms with van der Waals surface area (Å²) in [5.74, 6) is -0.105. The average Bonchev–Trinajstić information content (AvgIpc) is 3.21. The first-order valence-corrected chi connectivity index (χ1v) is 10.6. The standard InChI is InChI=1S/C24H27N5O2/c1-26-23(30)17-7-5-16(6-8-17)21-11-20(10-19-13-29(15-25)14-22(19)21)27-24(31)18-4-3-9-28(2)12-18/h5-8,10-11,18H,3-4,9,12-14H2,1-2H3,(H,26,30)(H,27,31)/t18-/m1/s1. The minimum absolute atomic E-state index is 0.0158. The van der Waals surface area contributed by atoms with Crippen LogP contribution in [0, 0.1) is 17.4 Å². The van der Waals surface area contributed by atoms with Gasteiger partial charge in [-0.05, 0) is 73.0 Å². The first-order valence-electron chi connectivity index (χ1n) is 10.6. The normalized spacial score (nSPS) is 18.2. The molecule has 2 aliphatic heterocycles. The van der Waals surface area contributed by atoms with Gasteiger partial charge in [-0.15, -0.1) is 0 Å². The van der Waals surface area contributed by atoms with Crippen molar-refractivity contribution in [3.8, 4) is 17.3 Å². The van der Waals surface area contributed by atoms with Crippen LogP contribution in [-0.4, -0.2) is 48.8 Å². The van der Waals surface area contributed by atoms with Crippen LogP contribution in [0.4, 0.5) is 5.69 Å². The lowest BCUT2D eigenvalue weighted by molar-refractivity contribution is -0.121. The van der Waals surface area contributed by atoms with Crippen LogP contribution in [0.2, 0.25) is 0 Å². The number of likely N-dealkylation sites (tertiary alicyclic amines) is 1. The maximum atomic E-state index is 12.9. The third kappa shape index (κ3) is 4.39. The third-order valence-electron chi connectivity index (χ3n) is 6.14. The first kappa shape index (κ1) is 20.9. The molecule has 2 heterocycles. The molecule has 0 aliphatic carbocycles. The van der Waals surface area contributed by atoms with E-state index in [-0.39, 0.29) is 17.7 Å². The Morgan fingerprint density at radius 3 is 2.61 bits per heavy atom. The van der Waals surface area contributed by atoms with E-state index in [1.54, 1.807) is 24.1 Å². The lowest BCUT2D eigenvalue weighted by Crippen LogP contribution is -2.38. The number of nitrogens with zero attached hydrogens (tertiary/aromatic N) is 3. The molecule has 0 aromatic heterocycles. The van der Waals surface area contributed by atoms with E-state index in [4.69, 9.17) is 0 Å². The predicted molar refractivity (Wildman–Crippen MR) is 119 cm³/mol. The fraction of sp³-hybridized carbons (Fsp3) is 0.375. The van der Waals surface area contributed by atoms with Crippen LogP contribution in [0.25, 0.3) is 11.1 Å². The van der Waals surface area contributed by atoms with Gasteiger partial charge in [-0.1, -0.05) is 12.1 Å². The van der Waals surface area contributed by atoms with Gasteiger partial charge in [-0.25, -0.2) is 0 Å². The molecule has 160 valence electrons. The smallest absolute Gasteiger partial charge is 0.251 e. The molecular weight excluding hydrogens is 390 g/mol. The topological polar surface area (TPSA) is 88.5 Å². The van der Waals surface area contributed by atoms with Gasteiger partial charge < -0.3 is 20.4 Å². The number of anilines is 1. The van der Waals surface area contributed by atoms with E-state index in [1.165, 1.54) is 0 Å². The molecule has 31 heavy (non-hydrogen) atoms. The number of piperidine rings is 1. The molecule has 0 bridgehead atoms. The highest BCUT2D eigenvalue weighted by Gasteiger charge is 2.26. The highest BCUT2D eigenvalue weighted by atomic mass is 16.2. The largest absolute Gasteiger partial charge is 0.355 e. The van der Waals surface area contributed by atoms with Gasteiger partial charge in [0.15, 0.2) is 6.19 Å². The first-order chi connectivity index (χ1) is 15.0. The Labute approximate surface area is 182 Å². The fourth-order valence-electron chi connectivity index (χ4n) is 4.48. The van der Waals surface area contributed by atoms with Crippen LogP contribution in [0.1, 0.15) is 34.3 Å². The maximum Gasteiger partial charge on any atom is 0.251 e. The fourth-order valence-corrected chi connectivity index (χ4v) is 4.48. The molecule has 1 fully saturated rings. The molecular formula is C24H27N5O2. The minimum atomic E-state index is -0.133. The summed E-state index contributed by atoms with van der Waals surface area (Å²) in [5.41, 5.74) is 5.41. The summed E-state index contributed by atoms with van der Waals surface area (Å²) >= 11 is 0. The Bertz CT molecular complexity index is 1040. The zero-order valence-electron chi connectivity index (χ0n) is 17.9. The lowest BCUT2D eigenvalue weighted by atomic mass is 9.94. The number of nitriles is 1. The van der Waals surface area contributed by atoms with Gasteiger partial charge in [0, 0.05) is 24.8 Å². The number of nitrogens with one attached hydrogen (secondary N) is 2. The molecule has 2 aliphatic rings. The van der Waals surface area contributed by atoms with E-state index in [2.05, 4.69) is 21.7 Å². The third-order valence-corrected chi connectivity index (χ3v) is 6.14. The van der Waals surface area contributed by atoms with Crippen molar-refractivity contribution in [3.05, 3.63) is 53.1 Å². The molecule has 7 nitrogen and oxygen atoms in total. The molecule has 4 rings (SSSR count). The van der Waals surface area contributed by atoms with E-state index >= 15 is 0 Å². The molecule has 0 unspecified atom stereocenters. The number of carbonyl (C=O) groups excluding carboxylic acids is 2. The molecule has 1 atom stereocenters. The zero-order chi connectivity index (χ0) is 22.0. The Morgan fingerprint density at radius 1 is 1.16 bits per heavy atom. The van der Waals surface area contributed by atoms with Crippen molar-refractivity contribution in [3.63, 3.8) is 0 Å². The van der Waals surface area contributed by atoms with E-state index in [9.17, 15) is 14.9 Å². The number of fused-ring (bicyclic) bond motifs is 1. The van der Waals surface area contributed by atoms with Crippen molar-refractivity contribution < 1.29 is 9.59 Å². The van der Waals surface area contributed by atoms with Gasteiger partial charge >= 0.3 is 0 Å². The molecule has 7 heteroatoms. The average molecular weight is 418 g/mol. The van der Waals surface area contributed by atoms with E-state index in [1.807, 2.05) is 31.3 Å². The second kappa shape index (κ2) is 8.78. The number of rotatable bonds is 4. The van der Waals surface area contributed by atoms with E-state index < -0.39 is 0 Å². The Kier molecular flexibility index (Phi) is 5.92. The molecule has 2 N–H and O–H groups in total. The second-order valence-corrected chi connectivity index (χ2v) is 8.36. The van der Waals surface area contributed by atoms with Gasteiger partial charge in [-0.3, -0.25) is 9.59 Å². The van der Waals surface area contributed by atoms with Crippen LogP contribution in [0.15, 0.2) is 36.4 Å². The summed E-state index contributed by atoms with van der Waals surface area (Å²) in [6.45, 7) is 2.88. The maximum absolute atomic E-state index is 12.9. The monoisotopic (exact) mass is 417 g/mol. The Balaban J connectivity index is 1.65. The van der Waals surface area contributed by atoms with Crippen molar-refractivity contribution in [2.24, 2.45) is 5.92 Å². The molecule has 0 radical (unpaired) electrons. The van der Waals surface area contributed by atoms with Crippen molar-refractivity contribution in [2.45, 2.75) is 25.9 Å². The van der Waals surface area contributed by atoms with Crippen LogP contribution >= 0.6 is 0 Å². The van der Waals surface area contributed by atoms with Crippen molar-refractivity contribution >= 4 is 17.5 Å². The summed E-state index contributed by atoms with van der Waals surface area (Å²) in [6, 6.07) is 11.4. The second-order valence-electron chi connectivity index (χ2n) is 8.36.